The number of hydrogen-bond acceptors (Lipinski definition) is 2. The highest BCUT2D eigenvalue weighted by atomic mass is 15.2. The molecular weight excluding hydrogens is 270 g/mol. The predicted octanol–water partition coefficient (Wildman–Crippen LogP) is 3.87. The van der Waals surface area contributed by atoms with E-state index in [1.165, 1.54) is 16.7 Å². The van der Waals surface area contributed by atoms with Crippen LogP contribution in [0.1, 0.15) is 47.8 Å². The third-order valence-electron chi connectivity index (χ3n) is 3.79. The lowest BCUT2D eigenvalue weighted by atomic mass is 10.1. The van der Waals surface area contributed by atoms with Crippen molar-refractivity contribution in [3.05, 3.63) is 64.6 Å². The van der Waals surface area contributed by atoms with Crippen LogP contribution < -0.4 is 0 Å². The van der Waals surface area contributed by atoms with Crippen molar-refractivity contribution >= 4 is 5.65 Å². The molecule has 0 amide bonds. The molecule has 0 unspecified atom stereocenters. The summed E-state index contributed by atoms with van der Waals surface area (Å²) >= 11 is 0. The summed E-state index contributed by atoms with van der Waals surface area (Å²) in [4.78, 5) is 0. The summed E-state index contributed by atoms with van der Waals surface area (Å²) < 4.78 is 1.97. The van der Waals surface area contributed by atoms with E-state index in [1.807, 2.05) is 16.7 Å². The number of aromatic nitrogens is 3. The van der Waals surface area contributed by atoms with Crippen molar-refractivity contribution in [3.8, 4) is 11.8 Å². The highest BCUT2D eigenvalue weighted by Crippen LogP contribution is 2.19. The van der Waals surface area contributed by atoms with Gasteiger partial charge in [-0.05, 0) is 54.5 Å². The van der Waals surface area contributed by atoms with Crippen molar-refractivity contribution < 1.29 is 0 Å². The second kappa shape index (κ2) is 5.65. The molecule has 110 valence electrons. The maximum absolute atomic E-state index is 4.30. The van der Waals surface area contributed by atoms with Crippen molar-refractivity contribution in [2.45, 2.75) is 33.6 Å². The normalized spacial score (nSPS) is 10.8. The van der Waals surface area contributed by atoms with Gasteiger partial charge in [-0.15, -0.1) is 10.2 Å². The number of aryl methyl sites for hydroxylation is 2. The van der Waals surface area contributed by atoms with Gasteiger partial charge in [0.25, 0.3) is 0 Å². The van der Waals surface area contributed by atoms with Gasteiger partial charge < -0.3 is 0 Å². The maximum Gasteiger partial charge on any atom is 0.212 e. The minimum Gasteiger partial charge on any atom is -0.276 e. The van der Waals surface area contributed by atoms with Crippen molar-refractivity contribution in [1.82, 2.24) is 14.6 Å². The molecule has 0 fully saturated rings. The molecule has 0 aliphatic rings. The van der Waals surface area contributed by atoms with Crippen LogP contribution in [0.15, 0.2) is 36.5 Å². The minimum atomic E-state index is 0.410. The molecule has 3 aromatic rings. The molecule has 0 saturated heterocycles. The zero-order chi connectivity index (χ0) is 15.7. The summed E-state index contributed by atoms with van der Waals surface area (Å²) in [5.74, 6) is 7.47. The molecule has 0 bridgehead atoms. The van der Waals surface area contributed by atoms with E-state index in [9.17, 15) is 0 Å². The average Bonchev–Trinajstić information content (AvgIpc) is 2.91. The Morgan fingerprint density at radius 2 is 1.86 bits per heavy atom. The molecular formula is C19H19N3. The Morgan fingerprint density at radius 1 is 1.05 bits per heavy atom. The van der Waals surface area contributed by atoms with Gasteiger partial charge in [-0.1, -0.05) is 38.0 Å². The first-order valence-corrected chi connectivity index (χ1v) is 7.49. The van der Waals surface area contributed by atoms with Gasteiger partial charge >= 0.3 is 0 Å². The molecule has 3 rings (SSSR count). The minimum absolute atomic E-state index is 0.410. The highest BCUT2D eigenvalue weighted by molar-refractivity contribution is 5.52. The van der Waals surface area contributed by atoms with Gasteiger partial charge in [-0.3, -0.25) is 4.40 Å². The van der Waals surface area contributed by atoms with E-state index < -0.39 is 0 Å². The van der Waals surface area contributed by atoms with E-state index in [0.717, 1.165) is 11.2 Å². The fourth-order valence-corrected chi connectivity index (χ4v) is 2.47. The van der Waals surface area contributed by atoms with Crippen LogP contribution >= 0.6 is 0 Å². The molecule has 0 radical (unpaired) electrons. The second-order valence-corrected chi connectivity index (χ2v) is 5.90. The van der Waals surface area contributed by atoms with Crippen LogP contribution in [0.5, 0.6) is 0 Å². The van der Waals surface area contributed by atoms with Gasteiger partial charge in [0, 0.05) is 11.8 Å². The molecule has 0 spiro atoms. The van der Waals surface area contributed by atoms with E-state index in [-0.39, 0.29) is 0 Å². The Labute approximate surface area is 131 Å². The smallest absolute Gasteiger partial charge is 0.212 e. The van der Waals surface area contributed by atoms with E-state index in [1.54, 1.807) is 0 Å². The van der Waals surface area contributed by atoms with Gasteiger partial charge in [-0.25, -0.2) is 0 Å². The SMILES string of the molecule is Cc1ccc(C)c(C#Cc2nnc3c(C(C)C)cccn23)c1. The third kappa shape index (κ3) is 2.60. The Hall–Kier alpha value is -2.60. The van der Waals surface area contributed by atoms with Gasteiger partial charge in [0.2, 0.25) is 5.82 Å². The van der Waals surface area contributed by atoms with Crippen LogP contribution in [-0.4, -0.2) is 14.6 Å². The van der Waals surface area contributed by atoms with Gasteiger partial charge in [0.15, 0.2) is 5.65 Å². The van der Waals surface area contributed by atoms with E-state index >= 15 is 0 Å². The summed E-state index contributed by atoms with van der Waals surface area (Å²) in [5, 5.41) is 8.55. The summed E-state index contributed by atoms with van der Waals surface area (Å²) in [6, 6.07) is 10.4. The average molecular weight is 289 g/mol. The largest absolute Gasteiger partial charge is 0.276 e. The van der Waals surface area contributed by atoms with E-state index in [0.29, 0.717) is 11.7 Å². The Kier molecular flexibility index (Phi) is 3.68. The third-order valence-corrected chi connectivity index (χ3v) is 3.79. The highest BCUT2D eigenvalue weighted by Gasteiger charge is 2.09. The fourth-order valence-electron chi connectivity index (χ4n) is 2.47. The van der Waals surface area contributed by atoms with Gasteiger partial charge in [0.05, 0.1) is 0 Å². The molecule has 3 nitrogen and oxygen atoms in total. The van der Waals surface area contributed by atoms with Crippen LogP contribution in [-0.2, 0) is 0 Å². The van der Waals surface area contributed by atoms with Crippen molar-refractivity contribution in [3.63, 3.8) is 0 Å². The van der Waals surface area contributed by atoms with E-state index in [4.69, 9.17) is 0 Å². The quantitative estimate of drug-likeness (QED) is 0.637. The van der Waals surface area contributed by atoms with Crippen molar-refractivity contribution in [1.29, 1.82) is 0 Å². The van der Waals surface area contributed by atoms with E-state index in [2.05, 4.69) is 74.0 Å². The van der Waals surface area contributed by atoms with Crippen molar-refractivity contribution in [2.75, 3.05) is 0 Å². The van der Waals surface area contributed by atoms with Crippen molar-refractivity contribution in [2.24, 2.45) is 0 Å². The molecule has 0 N–H and O–H groups in total. The summed E-state index contributed by atoms with van der Waals surface area (Å²) in [5.41, 5.74) is 5.51. The molecule has 2 aromatic heterocycles. The Morgan fingerprint density at radius 3 is 2.64 bits per heavy atom. The maximum atomic E-state index is 4.30. The number of hydrogen-bond donors (Lipinski definition) is 0. The number of nitrogens with zero attached hydrogens (tertiary/aromatic N) is 3. The summed E-state index contributed by atoms with van der Waals surface area (Å²) in [6.45, 7) is 8.46. The summed E-state index contributed by atoms with van der Waals surface area (Å²) in [6.07, 6.45) is 1.97. The van der Waals surface area contributed by atoms with Gasteiger partial charge in [-0.2, -0.15) is 0 Å². The van der Waals surface area contributed by atoms with Crippen LogP contribution in [0.3, 0.4) is 0 Å². The first kappa shape index (κ1) is 14.3. The molecule has 1 aromatic carbocycles. The number of pyridine rings is 1. The molecule has 3 heteroatoms. The standard InChI is InChI=1S/C19H19N3/c1-13(2)17-6-5-11-22-18(20-21-19(17)22)10-9-16-12-14(3)7-8-15(16)4/h5-8,11-13H,1-4H3. The zero-order valence-electron chi connectivity index (χ0n) is 13.4. The monoisotopic (exact) mass is 289 g/mol. The molecule has 22 heavy (non-hydrogen) atoms. The summed E-state index contributed by atoms with van der Waals surface area (Å²) in [7, 11) is 0. The fraction of sp³-hybridized carbons (Fsp3) is 0.263. The number of benzene rings is 1. The van der Waals surface area contributed by atoms with Gasteiger partial charge in [0.1, 0.15) is 0 Å². The van der Waals surface area contributed by atoms with Crippen LogP contribution in [0.4, 0.5) is 0 Å². The predicted molar refractivity (Wildman–Crippen MR) is 89.0 cm³/mol. The Balaban J connectivity index is 2.08. The first-order valence-electron chi connectivity index (χ1n) is 7.49. The lowest BCUT2D eigenvalue weighted by molar-refractivity contribution is 0.861. The lowest BCUT2D eigenvalue weighted by Crippen LogP contribution is -1.95. The lowest BCUT2D eigenvalue weighted by Gasteiger charge is -2.05. The molecule has 0 atom stereocenters. The second-order valence-electron chi connectivity index (χ2n) is 5.90. The van der Waals surface area contributed by atoms with Crippen LogP contribution in [0.2, 0.25) is 0 Å². The number of fused-ring (bicyclic) bond motifs is 1. The topological polar surface area (TPSA) is 30.2 Å². The van der Waals surface area contributed by atoms with Crippen LogP contribution in [0.25, 0.3) is 5.65 Å². The Bertz CT molecular complexity index is 892. The van der Waals surface area contributed by atoms with Crippen LogP contribution in [0, 0.1) is 25.7 Å². The molecule has 0 aliphatic heterocycles. The zero-order valence-corrected chi connectivity index (χ0v) is 13.4. The number of rotatable bonds is 1. The molecule has 0 aliphatic carbocycles. The molecule has 0 saturated carbocycles. The first-order chi connectivity index (χ1) is 10.6. The molecule has 2 heterocycles.